The van der Waals surface area contributed by atoms with Gasteiger partial charge in [-0.25, -0.2) is 0 Å². The van der Waals surface area contributed by atoms with Crippen LogP contribution in [0.1, 0.15) is 20.3 Å². The van der Waals surface area contributed by atoms with Gasteiger partial charge in [0.05, 0.1) is 5.25 Å². The monoisotopic (exact) mass is 335 g/mol. The van der Waals surface area contributed by atoms with Gasteiger partial charge >= 0.3 is 0 Å². The van der Waals surface area contributed by atoms with Crippen LogP contribution in [0.25, 0.3) is 0 Å². The highest BCUT2D eigenvalue weighted by Gasteiger charge is 2.23. The van der Waals surface area contributed by atoms with Crippen LogP contribution in [-0.4, -0.2) is 60.1 Å². The first-order valence-electron chi connectivity index (χ1n) is 7.97. The predicted molar refractivity (Wildman–Crippen MR) is 94.8 cm³/mol. The molecule has 2 amide bonds. The van der Waals surface area contributed by atoms with Gasteiger partial charge in [-0.3, -0.25) is 9.59 Å². The van der Waals surface area contributed by atoms with E-state index >= 15 is 0 Å². The summed E-state index contributed by atoms with van der Waals surface area (Å²) >= 11 is 1.56. The summed E-state index contributed by atoms with van der Waals surface area (Å²) in [6.07, 6.45) is 1.03. The summed E-state index contributed by atoms with van der Waals surface area (Å²) in [7, 11) is 2.10. The van der Waals surface area contributed by atoms with Crippen molar-refractivity contribution in [2.45, 2.75) is 30.4 Å². The molecule has 0 saturated carbocycles. The van der Waals surface area contributed by atoms with Crippen molar-refractivity contribution in [1.82, 2.24) is 9.80 Å². The zero-order chi connectivity index (χ0) is 16.8. The van der Waals surface area contributed by atoms with E-state index in [1.807, 2.05) is 36.1 Å². The summed E-state index contributed by atoms with van der Waals surface area (Å²) in [5.74, 6) is 0.122. The Bertz CT molecular complexity index is 547. The molecule has 1 aromatic carbocycles. The third-order valence-electron chi connectivity index (χ3n) is 3.87. The first-order valence-corrected chi connectivity index (χ1v) is 8.85. The number of likely N-dealkylation sites (N-methyl/N-ethyl adjacent to an activating group) is 1. The molecule has 1 unspecified atom stereocenters. The lowest BCUT2D eigenvalue weighted by Crippen LogP contribution is -2.39. The summed E-state index contributed by atoms with van der Waals surface area (Å²) in [6, 6.07) is 7.61. The Morgan fingerprint density at radius 1 is 1.13 bits per heavy atom. The van der Waals surface area contributed by atoms with Crippen molar-refractivity contribution in [2.24, 2.45) is 0 Å². The van der Waals surface area contributed by atoms with Gasteiger partial charge in [0, 0.05) is 37.1 Å². The summed E-state index contributed by atoms with van der Waals surface area (Å²) in [4.78, 5) is 28.9. The fraction of sp³-hybridized carbons (Fsp3) is 0.529. The van der Waals surface area contributed by atoms with E-state index in [4.69, 9.17) is 0 Å². The van der Waals surface area contributed by atoms with Crippen LogP contribution in [0.4, 0.5) is 5.69 Å². The maximum absolute atomic E-state index is 12.6. The van der Waals surface area contributed by atoms with Crippen molar-refractivity contribution in [3.8, 4) is 0 Å². The van der Waals surface area contributed by atoms with Gasteiger partial charge in [-0.05, 0) is 51.2 Å². The van der Waals surface area contributed by atoms with Crippen LogP contribution in [0.2, 0.25) is 0 Å². The Balaban J connectivity index is 1.91. The Labute approximate surface area is 142 Å². The minimum atomic E-state index is -0.106. The molecule has 0 spiro atoms. The van der Waals surface area contributed by atoms with Crippen molar-refractivity contribution in [1.29, 1.82) is 0 Å². The molecular weight excluding hydrogens is 310 g/mol. The van der Waals surface area contributed by atoms with Gasteiger partial charge in [-0.1, -0.05) is 0 Å². The number of nitrogens with one attached hydrogen (secondary N) is 1. The molecule has 0 aliphatic carbocycles. The zero-order valence-corrected chi connectivity index (χ0v) is 14.9. The summed E-state index contributed by atoms with van der Waals surface area (Å²) in [5, 5.41) is 2.64. The molecule has 1 fully saturated rings. The number of amides is 2. The highest BCUT2D eigenvalue weighted by Crippen LogP contribution is 2.26. The van der Waals surface area contributed by atoms with Crippen molar-refractivity contribution in [3.05, 3.63) is 24.3 Å². The fourth-order valence-corrected chi connectivity index (χ4v) is 3.55. The molecular formula is C17H25N3O2S. The topological polar surface area (TPSA) is 52.7 Å². The Kier molecular flexibility index (Phi) is 6.47. The van der Waals surface area contributed by atoms with Crippen LogP contribution in [-0.2, 0) is 9.59 Å². The van der Waals surface area contributed by atoms with Crippen molar-refractivity contribution >= 4 is 29.3 Å². The number of thioether (sulfide) groups is 1. The number of nitrogens with zero attached hydrogens (tertiary/aromatic N) is 2. The molecule has 126 valence electrons. The Morgan fingerprint density at radius 3 is 2.48 bits per heavy atom. The van der Waals surface area contributed by atoms with Crippen molar-refractivity contribution in [2.75, 3.05) is 38.5 Å². The first-order chi connectivity index (χ1) is 11.0. The smallest absolute Gasteiger partial charge is 0.235 e. The van der Waals surface area contributed by atoms with Gasteiger partial charge < -0.3 is 15.1 Å². The maximum atomic E-state index is 12.6. The van der Waals surface area contributed by atoms with Gasteiger partial charge in [0.25, 0.3) is 0 Å². The molecule has 1 aliphatic heterocycles. The highest BCUT2D eigenvalue weighted by molar-refractivity contribution is 8.00. The Hall–Kier alpha value is -1.53. The number of anilines is 1. The van der Waals surface area contributed by atoms with E-state index in [1.165, 1.54) is 6.92 Å². The average molecular weight is 335 g/mol. The van der Waals surface area contributed by atoms with Gasteiger partial charge in [0.1, 0.15) is 0 Å². The Morgan fingerprint density at radius 2 is 1.83 bits per heavy atom. The third-order valence-corrected chi connectivity index (χ3v) is 4.97. The lowest BCUT2D eigenvalue weighted by Gasteiger charge is -2.24. The van der Waals surface area contributed by atoms with Crippen LogP contribution in [0.15, 0.2) is 29.2 Å². The van der Waals surface area contributed by atoms with Crippen LogP contribution in [0, 0.1) is 0 Å². The number of carbonyl (C=O) groups excluding carboxylic acids is 2. The standard InChI is InChI=1S/C17H25N3O2S/c1-13(17(22)20-10-4-9-19(3)11-12-20)23-16-7-5-15(6-8-16)18-14(2)21/h5-8,13H,4,9-12H2,1-3H3,(H,18,21). The molecule has 1 N–H and O–H groups in total. The number of carbonyl (C=O) groups is 2. The van der Waals surface area contributed by atoms with E-state index in [2.05, 4.69) is 17.3 Å². The molecule has 1 atom stereocenters. The third kappa shape index (κ3) is 5.55. The predicted octanol–water partition coefficient (Wildman–Crippen LogP) is 2.29. The molecule has 0 radical (unpaired) electrons. The quantitative estimate of drug-likeness (QED) is 0.858. The number of hydrogen-bond acceptors (Lipinski definition) is 4. The molecule has 6 heteroatoms. The number of benzene rings is 1. The van der Waals surface area contributed by atoms with Crippen LogP contribution in [0.5, 0.6) is 0 Å². The van der Waals surface area contributed by atoms with Crippen molar-refractivity contribution in [3.63, 3.8) is 0 Å². The SMILES string of the molecule is CC(=O)Nc1ccc(SC(C)C(=O)N2CCCN(C)CC2)cc1. The number of hydrogen-bond donors (Lipinski definition) is 1. The summed E-state index contributed by atoms with van der Waals surface area (Å²) in [5.41, 5.74) is 0.774. The second-order valence-electron chi connectivity index (χ2n) is 5.95. The largest absolute Gasteiger partial charge is 0.340 e. The number of rotatable bonds is 4. The molecule has 2 rings (SSSR count). The van der Waals surface area contributed by atoms with E-state index in [0.717, 1.165) is 43.2 Å². The molecule has 0 bridgehead atoms. The van der Waals surface area contributed by atoms with Gasteiger partial charge in [-0.15, -0.1) is 11.8 Å². The van der Waals surface area contributed by atoms with Crippen LogP contribution < -0.4 is 5.32 Å². The van der Waals surface area contributed by atoms with E-state index in [9.17, 15) is 9.59 Å². The lowest BCUT2D eigenvalue weighted by atomic mass is 10.3. The molecule has 1 heterocycles. The molecule has 1 aliphatic rings. The lowest BCUT2D eigenvalue weighted by molar-refractivity contribution is -0.130. The van der Waals surface area contributed by atoms with Crippen LogP contribution in [0.3, 0.4) is 0 Å². The molecule has 1 aromatic rings. The summed E-state index contributed by atoms with van der Waals surface area (Å²) < 4.78 is 0. The normalized spacial score (nSPS) is 17.4. The minimum Gasteiger partial charge on any atom is -0.340 e. The fourth-order valence-electron chi connectivity index (χ4n) is 2.60. The maximum Gasteiger partial charge on any atom is 0.235 e. The van der Waals surface area contributed by atoms with E-state index in [0.29, 0.717) is 0 Å². The van der Waals surface area contributed by atoms with Crippen LogP contribution >= 0.6 is 11.8 Å². The van der Waals surface area contributed by atoms with Gasteiger partial charge in [0.15, 0.2) is 0 Å². The first kappa shape index (κ1) is 17.8. The molecule has 0 aromatic heterocycles. The van der Waals surface area contributed by atoms with Crippen molar-refractivity contribution < 1.29 is 9.59 Å². The second-order valence-corrected chi connectivity index (χ2v) is 7.36. The molecule has 1 saturated heterocycles. The minimum absolute atomic E-state index is 0.0833. The molecule has 5 nitrogen and oxygen atoms in total. The van der Waals surface area contributed by atoms with Gasteiger partial charge in [0.2, 0.25) is 11.8 Å². The van der Waals surface area contributed by atoms with Gasteiger partial charge in [-0.2, -0.15) is 0 Å². The molecule has 23 heavy (non-hydrogen) atoms. The average Bonchev–Trinajstić information content (AvgIpc) is 2.72. The summed E-state index contributed by atoms with van der Waals surface area (Å²) in [6.45, 7) is 7.09. The van der Waals surface area contributed by atoms with E-state index in [1.54, 1.807) is 11.8 Å². The zero-order valence-electron chi connectivity index (χ0n) is 14.0. The second kappa shape index (κ2) is 8.36. The van der Waals surface area contributed by atoms with E-state index < -0.39 is 0 Å². The van der Waals surface area contributed by atoms with E-state index in [-0.39, 0.29) is 17.1 Å². The highest BCUT2D eigenvalue weighted by atomic mass is 32.2.